The fourth-order valence-corrected chi connectivity index (χ4v) is 1.71. The highest BCUT2D eigenvalue weighted by atomic mass is 16.2. The van der Waals surface area contributed by atoms with Crippen LogP contribution in [-0.4, -0.2) is 17.5 Å². The molecule has 0 aromatic rings. The molecular weight excluding hydrogens is 176 g/mol. The van der Waals surface area contributed by atoms with E-state index in [1.54, 1.807) is 6.92 Å². The summed E-state index contributed by atoms with van der Waals surface area (Å²) in [7, 11) is 0. The molecule has 0 saturated heterocycles. The second-order valence-corrected chi connectivity index (χ2v) is 4.92. The molecule has 0 aliphatic heterocycles. The van der Waals surface area contributed by atoms with Crippen molar-refractivity contribution in [1.29, 1.82) is 0 Å². The van der Waals surface area contributed by atoms with Crippen molar-refractivity contribution < 1.29 is 4.79 Å². The van der Waals surface area contributed by atoms with Gasteiger partial charge in [-0.1, -0.05) is 20.8 Å². The minimum Gasteiger partial charge on any atom is -0.351 e. The molecule has 82 valence electrons. The van der Waals surface area contributed by atoms with Crippen LogP contribution in [0.25, 0.3) is 0 Å². The number of amides is 1. The number of nitrogens with two attached hydrogens (primary N) is 1. The van der Waals surface area contributed by atoms with Gasteiger partial charge >= 0.3 is 0 Å². The van der Waals surface area contributed by atoms with Crippen LogP contribution in [0.3, 0.4) is 0 Å². The molecule has 0 radical (unpaired) electrons. The molecule has 1 rings (SSSR count). The SMILES string of the molecule is CCC(C)(N)C(=O)NC1CC(C)C1C. The number of carbonyl (C=O) groups excluding carboxylic acids is 1. The van der Waals surface area contributed by atoms with E-state index < -0.39 is 5.54 Å². The van der Waals surface area contributed by atoms with Crippen molar-refractivity contribution in [1.82, 2.24) is 5.32 Å². The van der Waals surface area contributed by atoms with Gasteiger partial charge in [-0.05, 0) is 31.6 Å². The summed E-state index contributed by atoms with van der Waals surface area (Å²) in [6, 6.07) is 0.340. The van der Waals surface area contributed by atoms with Crippen LogP contribution < -0.4 is 11.1 Å². The largest absolute Gasteiger partial charge is 0.351 e. The predicted octanol–water partition coefficient (Wildman–Crippen LogP) is 1.27. The molecule has 1 fully saturated rings. The van der Waals surface area contributed by atoms with Gasteiger partial charge in [-0.2, -0.15) is 0 Å². The van der Waals surface area contributed by atoms with Gasteiger partial charge in [0.15, 0.2) is 0 Å². The van der Waals surface area contributed by atoms with Gasteiger partial charge in [0.1, 0.15) is 0 Å². The molecule has 1 saturated carbocycles. The highest BCUT2D eigenvalue weighted by molar-refractivity contribution is 5.85. The smallest absolute Gasteiger partial charge is 0.240 e. The lowest BCUT2D eigenvalue weighted by Crippen LogP contribution is -2.58. The van der Waals surface area contributed by atoms with Crippen molar-refractivity contribution in [2.75, 3.05) is 0 Å². The van der Waals surface area contributed by atoms with Crippen LogP contribution in [0.4, 0.5) is 0 Å². The molecule has 0 aromatic heterocycles. The average molecular weight is 198 g/mol. The maximum absolute atomic E-state index is 11.7. The second kappa shape index (κ2) is 3.89. The van der Waals surface area contributed by atoms with Crippen molar-refractivity contribution in [3.8, 4) is 0 Å². The number of nitrogens with one attached hydrogen (secondary N) is 1. The highest BCUT2D eigenvalue weighted by Gasteiger charge is 2.37. The van der Waals surface area contributed by atoms with Crippen molar-refractivity contribution in [2.45, 2.75) is 52.1 Å². The van der Waals surface area contributed by atoms with E-state index in [9.17, 15) is 4.79 Å². The standard InChI is InChI=1S/C11H22N2O/c1-5-11(4,12)10(14)13-9-6-7(2)8(9)3/h7-9H,5-6,12H2,1-4H3,(H,13,14). The number of hydrogen-bond donors (Lipinski definition) is 2. The van der Waals surface area contributed by atoms with E-state index in [0.717, 1.165) is 12.3 Å². The molecule has 0 heterocycles. The van der Waals surface area contributed by atoms with E-state index in [1.165, 1.54) is 0 Å². The number of hydrogen-bond acceptors (Lipinski definition) is 2. The second-order valence-electron chi connectivity index (χ2n) is 4.92. The van der Waals surface area contributed by atoms with Crippen molar-refractivity contribution in [3.63, 3.8) is 0 Å². The Balaban J connectivity index is 2.43. The van der Waals surface area contributed by atoms with Gasteiger partial charge in [0, 0.05) is 6.04 Å². The Morgan fingerprint density at radius 3 is 2.50 bits per heavy atom. The van der Waals surface area contributed by atoms with Gasteiger partial charge in [-0.25, -0.2) is 0 Å². The first-order valence-corrected chi connectivity index (χ1v) is 5.48. The van der Waals surface area contributed by atoms with E-state index in [1.807, 2.05) is 6.92 Å². The zero-order chi connectivity index (χ0) is 10.9. The summed E-state index contributed by atoms with van der Waals surface area (Å²) in [4.78, 5) is 11.7. The average Bonchev–Trinajstić information content (AvgIpc) is 2.16. The topological polar surface area (TPSA) is 55.1 Å². The lowest BCUT2D eigenvalue weighted by Gasteiger charge is -2.42. The molecular formula is C11H22N2O. The summed E-state index contributed by atoms with van der Waals surface area (Å²) in [5, 5.41) is 3.02. The van der Waals surface area contributed by atoms with Gasteiger partial charge in [0.25, 0.3) is 0 Å². The van der Waals surface area contributed by atoms with Gasteiger partial charge in [0.2, 0.25) is 5.91 Å². The fraction of sp³-hybridized carbons (Fsp3) is 0.909. The van der Waals surface area contributed by atoms with Gasteiger partial charge in [-0.3, -0.25) is 4.79 Å². The van der Waals surface area contributed by atoms with Crippen molar-refractivity contribution in [3.05, 3.63) is 0 Å². The van der Waals surface area contributed by atoms with E-state index >= 15 is 0 Å². The predicted molar refractivity (Wildman–Crippen MR) is 57.8 cm³/mol. The van der Waals surface area contributed by atoms with Crippen LogP contribution in [0.1, 0.15) is 40.5 Å². The summed E-state index contributed by atoms with van der Waals surface area (Å²) in [6.07, 6.45) is 1.77. The first kappa shape index (κ1) is 11.5. The van der Waals surface area contributed by atoms with Crippen LogP contribution in [0.2, 0.25) is 0 Å². The molecule has 3 nitrogen and oxygen atoms in total. The minimum atomic E-state index is -0.710. The van der Waals surface area contributed by atoms with Crippen LogP contribution in [0.15, 0.2) is 0 Å². The summed E-state index contributed by atoms with van der Waals surface area (Å²) in [5.41, 5.74) is 5.14. The quantitative estimate of drug-likeness (QED) is 0.717. The maximum atomic E-state index is 11.7. The summed E-state index contributed by atoms with van der Waals surface area (Å²) in [5.74, 6) is 1.31. The minimum absolute atomic E-state index is 0.0104. The molecule has 3 heteroatoms. The first-order chi connectivity index (χ1) is 6.38. The van der Waals surface area contributed by atoms with Crippen LogP contribution in [0, 0.1) is 11.8 Å². The third kappa shape index (κ3) is 2.08. The molecule has 4 unspecified atom stereocenters. The Morgan fingerprint density at radius 2 is 2.14 bits per heavy atom. The lowest BCUT2D eigenvalue weighted by atomic mass is 9.71. The van der Waals surface area contributed by atoms with Gasteiger partial charge in [0.05, 0.1) is 5.54 Å². The van der Waals surface area contributed by atoms with E-state index in [-0.39, 0.29) is 5.91 Å². The molecule has 1 amide bonds. The lowest BCUT2D eigenvalue weighted by molar-refractivity contribution is -0.128. The Bertz CT molecular complexity index is 225. The highest BCUT2D eigenvalue weighted by Crippen LogP contribution is 2.33. The third-order valence-electron chi connectivity index (χ3n) is 3.73. The molecule has 1 aliphatic rings. The van der Waals surface area contributed by atoms with Crippen LogP contribution >= 0.6 is 0 Å². The molecule has 0 bridgehead atoms. The van der Waals surface area contributed by atoms with E-state index in [2.05, 4.69) is 19.2 Å². The number of rotatable bonds is 3. The zero-order valence-corrected chi connectivity index (χ0v) is 9.63. The molecule has 3 N–H and O–H groups in total. The summed E-state index contributed by atoms with van der Waals surface area (Å²) in [6.45, 7) is 8.12. The molecule has 0 spiro atoms. The zero-order valence-electron chi connectivity index (χ0n) is 9.63. The molecule has 1 aliphatic carbocycles. The molecule has 14 heavy (non-hydrogen) atoms. The molecule has 4 atom stereocenters. The number of carbonyl (C=O) groups is 1. The summed E-state index contributed by atoms with van der Waals surface area (Å²) >= 11 is 0. The monoisotopic (exact) mass is 198 g/mol. The van der Waals surface area contributed by atoms with E-state index in [4.69, 9.17) is 5.73 Å². The van der Waals surface area contributed by atoms with Crippen molar-refractivity contribution >= 4 is 5.91 Å². The molecule has 0 aromatic carbocycles. The Hall–Kier alpha value is -0.570. The third-order valence-corrected chi connectivity index (χ3v) is 3.73. The Labute approximate surface area is 86.4 Å². The Morgan fingerprint density at radius 1 is 1.57 bits per heavy atom. The van der Waals surface area contributed by atoms with Crippen LogP contribution in [-0.2, 0) is 4.79 Å². The van der Waals surface area contributed by atoms with Gasteiger partial charge < -0.3 is 11.1 Å². The fourth-order valence-electron chi connectivity index (χ4n) is 1.71. The van der Waals surface area contributed by atoms with Crippen molar-refractivity contribution in [2.24, 2.45) is 17.6 Å². The maximum Gasteiger partial charge on any atom is 0.240 e. The summed E-state index contributed by atoms with van der Waals surface area (Å²) < 4.78 is 0. The van der Waals surface area contributed by atoms with E-state index in [0.29, 0.717) is 18.4 Å². The first-order valence-electron chi connectivity index (χ1n) is 5.48. The van der Waals surface area contributed by atoms with Crippen LogP contribution in [0.5, 0.6) is 0 Å². The normalized spacial score (nSPS) is 35.6. The van der Waals surface area contributed by atoms with Gasteiger partial charge in [-0.15, -0.1) is 0 Å². The Kier molecular flexibility index (Phi) is 3.20.